The van der Waals surface area contributed by atoms with Crippen LogP contribution in [0.3, 0.4) is 0 Å². The van der Waals surface area contributed by atoms with Crippen LogP contribution in [-0.4, -0.2) is 25.2 Å². The Bertz CT molecular complexity index is 1150. The molecule has 0 aliphatic rings. The Balaban J connectivity index is 1.83. The van der Waals surface area contributed by atoms with Crippen molar-refractivity contribution in [1.29, 1.82) is 0 Å². The highest BCUT2D eigenvalue weighted by Gasteiger charge is 2.42. The number of benzene rings is 3. The second kappa shape index (κ2) is 11.1. The van der Waals surface area contributed by atoms with Crippen LogP contribution in [0.2, 0.25) is 5.02 Å². The summed E-state index contributed by atoms with van der Waals surface area (Å²) >= 11 is 6.10. The van der Waals surface area contributed by atoms with Crippen molar-refractivity contribution in [2.45, 2.75) is 25.2 Å². The molecule has 0 saturated carbocycles. The molecule has 3 aromatic carbocycles. The van der Waals surface area contributed by atoms with Gasteiger partial charge in [0.2, 0.25) is 0 Å². The second-order valence-electron chi connectivity index (χ2n) is 7.36. The van der Waals surface area contributed by atoms with E-state index in [1.807, 2.05) is 5.32 Å². The van der Waals surface area contributed by atoms with E-state index in [0.29, 0.717) is 16.9 Å². The fourth-order valence-electron chi connectivity index (χ4n) is 3.26. The minimum atomic E-state index is -4.76. The number of ether oxygens (including phenoxy) is 2. The van der Waals surface area contributed by atoms with Crippen molar-refractivity contribution in [3.63, 3.8) is 0 Å². The van der Waals surface area contributed by atoms with Gasteiger partial charge in [0.15, 0.2) is 6.04 Å². The van der Waals surface area contributed by atoms with E-state index in [4.69, 9.17) is 16.3 Å². The molecule has 9 heteroatoms. The zero-order valence-corrected chi connectivity index (χ0v) is 18.8. The van der Waals surface area contributed by atoms with Crippen molar-refractivity contribution in [2.75, 3.05) is 7.11 Å². The standard InChI is InChI=1S/C25H21ClF3NO4/c1-33-22(31)14-18-9-5-6-10-21(18)34-15-16-11-19(13-20(26)12-16)23(25(27,28)29)30-24(32)17-7-3-2-4-8-17/h2-13,23H,14-15H2,1H3,(H,30,32). The maximum absolute atomic E-state index is 13.9. The summed E-state index contributed by atoms with van der Waals surface area (Å²) in [7, 11) is 1.27. The van der Waals surface area contributed by atoms with Gasteiger partial charge in [0, 0.05) is 16.1 Å². The lowest BCUT2D eigenvalue weighted by atomic mass is 10.0. The summed E-state index contributed by atoms with van der Waals surface area (Å²) in [5.74, 6) is -0.931. The summed E-state index contributed by atoms with van der Waals surface area (Å²) in [6, 6.07) is 16.0. The molecule has 1 amide bonds. The van der Waals surface area contributed by atoms with E-state index >= 15 is 0 Å². The molecule has 0 aliphatic heterocycles. The molecule has 5 nitrogen and oxygen atoms in total. The molecule has 34 heavy (non-hydrogen) atoms. The Hall–Kier alpha value is -3.52. The number of hydrogen-bond acceptors (Lipinski definition) is 4. The molecule has 178 valence electrons. The van der Waals surface area contributed by atoms with Crippen LogP contribution in [0.15, 0.2) is 72.8 Å². The molecule has 0 saturated heterocycles. The number of alkyl halides is 3. The lowest BCUT2D eigenvalue weighted by molar-refractivity contribution is -0.155. The average molecular weight is 492 g/mol. The van der Waals surface area contributed by atoms with Crippen molar-refractivity contribution in [3.8, 4) is 5.75 Å². The summed E-state index contributed by atoms with van der Waals surface area (Å²) < 4.78 is 52.0. The van der Waals surface area contributed by atoms with Gasteiger partial charge in [-0.05, 0) is 47.5 Å². The molecule has 0 fully saturated rings. The molecule has 1 atom stereocenters. The lowest BCUT2D eigenvalue weighted by Gasteiger charge is -2.23. The van der Waals surface area contributed by atoms with Gasteiger partial charge in [0.25, 0.3) is 5.91 Å². The minimum Gasteiger partial charge on any atom is -0.489 e. The van der Waals surface area contributed by atoms with Gasteiger partial charge in [-0.3, -0.25) is 9.59 Å². The smallest absolute Gasteiger partial charge is 0.412 e. The molecule has 0 heterocycles. The van der Waals surface area contributed by atoms with Crippen molar-refractivity contribution in [3.05, 3.63) is 100 Å². The fraction of sp³-hybridized carbons (Fsp3) is 0.200. The van der Waals surface area contributed by atoms with Crippen molar-refractivity contribution in [2.24, 2.45) is 0 Å². The third-order valence-electron chi connectivity index (χ3n) is 4.88. The van der Waals surface area contributed by atoms with Crippen molar-refractivity contribution < 1.29 is 32.2 Å². The monoisotopic (exact) mass is 491 g/mol. The maximum Gasteiger partial charge on any atom is 0.412 e. The number of para-hydroxylation sites is 1. The Labute approximate surface area is 199 Å². The number of esters is 1. The molecule has 1 N–H and O–H groups in total. The van der Waals surface area contributed by atoms with E-state index in [-0.39, 0.29) is 29.2 Å². The molecular formula is C25H21ClF3NO4. The first-order valence-electron chi connectivity index (χ1n) is 10.2. The predicted octanol–water partition coefficient (Wildman–Crippen LogP) is 5.67. The minimum absolute atomic E-state index is 0.0187. The molecule has 1 unspecified atom stereocenters. The van der Waals surface area contributed by atoms with Gasteiger partial charge in [0.1, 0.15) is 12.4 Å². The normalized spacial score (nSPS) is 12.0. The number of carbonyl (C=O) groups is 2. The third kappa shape index (κ3) is 6.74. The van der Waals surface area contributed by atoms with Crippen LogP contribution >= 0.6 is 11.6 Å². The number of carbonyl (C=O) groups excluding carboxylic acids is 2. The number of amides is 1. The van der Waals surface area contributed by atoms with Crippen LogP contribution in [0, 0.1) is 0 Å². The van der Waals surface area contributed by atoms with Gasteiger partial charge in [-0.2, -0.15) is 13.2 Å². The maximum atomic E-state index is 13.9. The first-order valence-corrected chi connectivity index (χ1v) is 10.5. The molecular weight excluding hydrogens is 471 g/mol. The summed E-state index contributed by atoms with van der Waals surface area (Å²) in [6.07, 6.45) is -4.78. The van der Waals surface area contributed by atoms with Gasteiger partial charge in [-0.15, -0.1) is 0 Å². The Morgan fingerprint density at radius 1 is 1.00 bits per heavy atom. The highest BCUT2D eigenvalue weighted by molar-refractivity contribution is 6.30. The zero-order valence-electron chi connectivity index (χ0n) is 18.1. The van der Waals surface area contributed by atoms with Gasteiger partial charge < -0.3 is 14.8 Å². The van der Waals surface area contributed by atoms with Crippen LogP contribution in [0.5, 0.6) is 5.75 Å². The predicted molar refractivity (Wildman–Crippen MR) is 121 cm³/mol. The van der Waals surface area contributed by atoms with E-state index in [0.717, 1.165) is 6.07 Å². The van der Waals surface area contributed by atoms with Crippen molar-refractivity contribution in [1.82, 2.24) is 5.32 Å². The highest BCUT2D eigenvalue weighted by atomic mass is 35.5. The fourth-order valence-corrected chi connectivity index (χ4v) is 3.53. The van der Waals surface area contributed by atoms with Gasteiger partial charge in [-0.1, -0.05) is 48.0 Å². The van der Waals surface area contributed by atoms with Crippen LogP contribution < -0.4 is 10.1 Å². The van der Waals surface area contributed by atoms with Crippen molar-refractivity contribution >= 4 is 23.5 Å². The van der Waals surface area contributed by atoms with Crippen LogP contribution in [-0.2, 0) is 22.6 Å². The van der Waals surface area contributed by atoms with E-state index in [9.17, 15) is 22.8 Å². The molecule has 0 radical (unpaired) electrons. The highest BCUT2D eigenvalue weighted by Crippen LogP contribution is 2.35. The first kappa shape index (κ1) is 25.1. The van der Waals surface area contributed by atoms with Gasteiger partial charge in [0.05, 0.1) is 13.5 Å². The largest absolute Gasteiger partial charge is 0.489 e. The summed E-state index contributed by atoms with van der Waals surface area (Å²) in [5, 5.41) is 2.10. The molecule has 0 aliphatic carbocycles. The topological polar surface area (TPSA) is 64.6 Å². The Morgan fingerprint density at radius 3 is 2.35 bits per heavy atom. The first-order chi connectivity index (χ1) is 16.2. The average Bonchev–Trinajstić information content (AvgIpc) is 2.81. The van der Waals surface area contributed by atoms with Crippen LogP contribution in [0.25, 0.3) is 0 Å². The SMILES string of the molecule is COC(=O)Cc1ccccc1OCc1cc(Cl)cc(C(NC(=O)c2ccccc2)C(F)(F)F)c1. The van der Waals surface area contributed by atoms with Gasteiger partial charge in [-0.25, -0.2) is 0 Å². The summed E-state index contributed by atoms with van der Waals surface area (Å²) in [5.41, 5.74) is 0.800. The zero-order chi connectivity index (χ0) is 24.7. The van der Waals surface area contributed by atoms with E-state index in [1.54, 1.807) is 42.5 Å². The molecule has 0 aromatic heterocycles. The van der Waals surface area contributed by atoms with E-state index in [1.165, 1.54) is 31.4 Å². The second-order valence-corrected chi connectivity index (χ2v) is 7.79. The van der Waals surface area contributed by atoms with Crippen LogP contribution in [0.4, 0.5) is 13.2 Å². The number of rotatable bonds is 8. The number of hydrogen-bond donors (Lipinski definition) is 1. The third-order valence-corrected chi connectivity index (χ3v) is 5.10. The molecule has 0 spiro atoms. The lowest BCUT2D eigenvalue weighted by Crippen LogP contribution is -2.38. The number of nitrogens with one attached hydrogen (secondary N) is 1. The Morgan fingerprint density at radius 2 is 1.68 bits per heavy atom. The molecule has 3 rings (SSSR count). The number of methoxy groups -OCH3 is 1. The summed E-state index contributed by atoms with van der Waals surface area (Å²) in [4.78, 5) is 24.0. The molecule has 0 bridgehead atoms. The van der Waals surface area contributed by atoms with E-state index in [2.05, 4.69) is 4.74 Å². The molecule has 3 aromatic rings. The Kier molecular flexibility index (Phi) is 8.17. The number of halogens is 4. The van der Waals surface area contributed by atoms with Crippen LogP contribution in [0.1, 0.15) is 33.1 Å². The summed E-state index contributed by atoms with van der Waals surface area (Å²) in [6.45, 7) is -0.108. The quantitative estimate of drug-likeness (QED) is 0.412. The van der Waals surface area contributed by atoms with E-state index < -0.39 is 24.1 Å². The van der Waals surface area contributed by atoms with Gasteiger partial charge >= 0.3 is 12.1 Å².